The SMILES string of the molecule is O=c1[nH]c2cccc(F)c2c(=O)n1CC1CC1. The summed E-state index contributed by atoms with van der Waals surface area (Å²) < 4.78 is 14.7. The molecule has 88 valence electrons. The molecule has 1 fully saturated rings. The third-order valence-electron chi connectivity index (χ3n) is 3.10. The van der Waals surface area contributed by atoms with E-state index in [0.29, 0.717) is 12.5 Å². The number of hydrogen-bond acceptors (Lipinski definition) is 2. The highest BCUT2D eigenvalue weighted by Gasteiger charge is 2.24. The third-order valence-corrected chi connectivity index (χ3v) is 3.10. The molecule has 1 aromatic heterocycles. The number of hydrogen-bond donors (Lipinski definition) is 1. The molecule has 17 heavy (non-hydrogen) atoms. The molecule has 0 aliphatic heterocycles. The number of fused-ring (bicyclic) bond motifs is 1. The van der Waals surface area contributed by atoms with Gasteiger partial charge in [-0.05, 0) is 30.9 Å². The van der Waals surface area contributed by atoms with Crippen molar-refractivity contribution in [1.82, 2.24) is 9.55 Å². The minimum Gasteiger partial charge on any atom is -0.307 e. The van der Waals surface area contributed by atoms with Crippen molar-refractivity contribution in [3.63, 3.8) is 0 Å². The fraction of sp³-hybridized carbons (Fsp3) is 0.333. The first kappa shape index (κ1) is 10.3. The third kappa shape index (κ3) is 1.67. The second-order valence-corrected chi connectivity index (χ2v) is 4.45. The van der Waals surface area contributed by atoms with Gasteiger partial charge in [0.1, 0.15) is 5.82 Å². The van der Waals surface area contributed by atoms with Crippen molar-refractivity contribution in [3.05, 3.63) is 44.9 Å². The van der Waals surface area contributed by atoms with E-state index in [0.717, 1.165) is 17.4 Å². The lowest BCUT2D eigenvalue weighted by Gasteiger charge is -2.05. The Labute approximate surface area is 95.7 Å². The van der Waals surface area contributed by atoms with Crippen LogP contribution in [0.15, 0.2) is 27.8 Å². The Bertz CT molecular complexity index is 698. The Balaban J connectivity index is 2.32. The first-order valence-electron chi connectivity index (χ1n) is 5.58. The normalized spacial score (nSPS) is 15.4. The van der Waals surface area contributed by atoms with E-state index in [1.165, 1.54) is 18.2 Å². The van der Waals surface area contributed by atoms with Gasteiger partial charge in [0.2, 0.25) is 0 Å². The van der Waals surface area contributed by atoms with Gasteiger partial charge in [-0.3, -0.25) is 9.36 Å². The van der Waals surface area contributed by atoms with Crippen LogP contribution in [0.4, 0.5) is 4.39 Å². The van der Waals surface area contributed by atoms with E-state index in [2.05, 4.69) is 4.98 Å². The highest BCUT2D eigenvalue weighted by atomic mass is 19.1. The van der Waals surface area contributed by atoms with Gasteiger partial charge >= 0.3 is 5.69 Å². The number of nitrogens with zero attached hydrogens (tertiary/aromatic N) is 1. The molecule has 0 bridgehead atoms. The lowest BCUT2D eigenvalue weighted by molar-refractivity contribution is 0.576. The number of aromatic amines is 1. The smallest absolute Gasteiger partial charge is 0.307 e. The highest BCUT2D eigenvalue weighted by Crippen LogP contribution is 2.29. The summed E-state index contributed by atoms with van der Waals surface area (Å²) in [6, 6.07) is 4.23. The van der Waals surface area contributed by atoms with Gasteiger partial charge in [-0.2, -0.15) is 0 Å². The van der Waals surface area contributed by atoms with Gasteiger partial charge in [0.15, 0.2) is 0 Å². The summed E-state index contributed by atoms with van der Waals surface area (Å²) >= 11 is 0. The molecular weight excluding hydrogens is 223 g/mol. The van der Waals surface area contributed by atoms with Crippen LogP contribution in [0.2, 0.25) is 0 Å². The number of aromatic nitrogens is 2. The molecule has 2 aromatic rings. The second kappa shape index (κ2) is 3.55. The Kier molecular flexibility index (Phi) is 2.14. The predicted octanol–water partition coefficient (Wildman–Crippen LogP) is 1.24. The van der Waals surface area contributed by atoms with Gasteiger partial charge in [-0.1, -0.05) is 6.07 Å². The summed E-state index contributed by atoms with van der Waals surface area (Å²) in [4.78, 5) is 26.3. The monoisotopic (exact) mass is 234 g/mol. The van der Waals surface area contributed by atoms with Crippen molar-refractivity contribution in [1.29, 1.82) is 0 Å². The van der Waals surface area contributed by atoms with Crippen molar-refractivity contribution in [2.75, 3.05) is 0 Å². The van der Waals surface area contributed by atoms with Crippen molar-refractivity contribution in [2.24, 2.45) is 5.92 Å². The van der Waals surface area contributed by atoms with Crippen LogP contribution < -0.4 is 11.2 Å². The van der Waals surface area contributed by atoms with Crippen LogP contribution in [-0.4, -0.2) is 9.55 Å². The quantitative estimate of drug-likeness (QED) is 0.849. The maximum absolute atomic E-state index is 13.6. The highest BCUT2D eigenvalue weighted by molar-refractivity contribution is 5.77. The Morgan fingerprint density at radius 2 is 2.12 bits per heavy atom. The molecular formula is C12H11FN2O2. The number of nitrogens with one attached hydrogen (secondary N) is 1. The van der Waals surface area contributed by atoms with Crippen LogP contribution in [0, 0.1) is 11.7 Å². The van der Waals surface area contributed by atoms with Crippen molar-refractivity contribution in [3.8, 4) is 0 Å². The molecule has 0 amide bonds. The van der Waals surface area contributed by atoms with Crippen LogP contribution in [0.5, 0.6) is 0 Å². The summed E-state index contributed by atoms with van der Waals surface area (Å²) in [7, 11) is 0. The lowest BCUT2D eigenvalue weighted by Crippen LogP contribution is -2.36. The molecule has 1 heterocycles. The van der Waals surface area contributed by atoms with Crippen LogP contribution >= 0.6 is 0 Å². The standard InChI is InChI=1S/C12H11FN2O2/c13-8-2-1-3-9-10(8)11(16)15(12(17)14-9)6-7-4-5-7/h1-3,7H,4-6H2,(H,14,17). The van der Waals surface area contributed by atoms with Crippen LogP contribution in [-0.2, 0) is 6.54 Å². The Hall–Kier alpha value is -1.91. The van der Waals surface area contributed by atoms with Gasteiger partial charge in [-0.25, -0.2) is 9.18 Å². The molecule has 0 saturated heterocycles. The summed E-state index contributed by atoms with van der Waals surface area (Å²) in [6.07, 6.45) is 2.06. The van der Waals surface area contributed by atoms with Gasteiger partial charge in [0, 0.05) is 6.54 Å². The number of benzene rings is 1. The molecule has 1 aliphatic carbocycles. The van der Waals surface area contributed by atoms with E-state index in [1.807, 2.05) is 0 Å². The van der Waals surface area contributed by atoms with Gasteiger partial charge < -0.3 is 4.98 Å². The largest absolute Gasteiger partial charge is 0.328 e. The van der Waals surface area contributed by atoms with Crippen molar-refractivity contribution >= 4 is 10.9 Å². The zero-order chi connectivity index (χ0) is 12.0. The zero-order valence-electron chi connectivity index (χ0n) is 9.07. The molecule has 1 N–H and O–H groups in total. The zero-order valence-corrected chi connectivity index (χ0v) is 9.07. The maximum atomic E-state index is 13.6. The second-order valence-electron chi connectivity index (χ2n) is 4.45. The average molecular weight is 234 g/mol. The molecule has 4 nitrogen and oxygen atoms in total. The molecule has 3 rings (SSSR count). The number of H-pyrrole nitrogens is 1. The molecule has 5 heteroatoms. The van der Waals surface area contributed by atoms with E-state index in [9.17, 15) is 14.0 Å². The first-order chi connectivity index (χ1) is 8.16. The summed E-state index contributed by atoms with van der Waals surface area (Å²) in [6.45, 7) is 0.387. The van der Waals surface area contributed by atoms with E-state index in [1.54, 1.807) is 0 Å². The molecule has 0 unspecified atom stereocenters. The first-order valence-corrected chi connectivity index (χ1v) is 5.58. The van der Waals surface area contributed by atoms with Crippen LogP contribution in [0.25, 0.3) is 10.9 Å². The molecule has 1 aromatic carbocycles. The average Bonchev–Trinajstić information content (AvgIpc) is 3.07. The predicted molar refractivity (Wildman–Crippen MR) is 61.5 cm³/mol. The van der Waals surface area contributed by atoms with E-state index >= 15 is 0 Å². The van der Waals surface area contributed by atoms with E-state index in [-0.39, 0.29) is 10.9 Å². The van der Waals surface area contributed by atoms with Crippen molar-refractivity contribution in [2.45, 2.75) is 19.4 Å². The fourth-order valence-corrected chi connectivity index (χ4v) is 1.98. The van der Waals surface area contributed by atoms with Gasteiger partial charge in [0.05, 0.1) is 10.9 Å². The van der Waals surface area contributed by atoms with Crippen molar-refractivity contribution < 1.29 is 4.39 Å². The van der Waals surface area contributed by atoms with E-state index < -0.39 is 17.1 Å². The Morgan fingerprint density at radius 1 is 1.35 bits per heavy atom. The minimum atomic E-state index is -0.590. The Morgan fingerprint density at radius 3 is 2.82 bits per heavy atom. The molecule has 1 saturated carbocycles. The fourth-order valence-electron chi connectivity index (χ4n) is 1.98. The van der Waals surface area contributed by atoms with E-state index in [4.69, 9.17) is 0 Å². The number of rotatable bonds is 2. The molecule has 0 spiro atoms. The number of halogens is 1. The van der Waals surface area contributed by atoms with Gasteiger partial charge in [-0.15, -0.1) is 0 Å². The summed E-state index contributed by atoms with van der Waals surface area (Å²) in [5, 5.41) is -0.0345. The van der Waals surface area contributed by atoms with Gasteiger partial charge in [0.25, 0.3) is 5.56 Å². The molecule has 0 atom stereocenters. The van der Waals surface area contributed by atoms with Crippen LogP contribution in [0.3, 0.4) is 0 Å². The maximum Gasteiger partial charge on any atom is 0.328 e. The summed E-state index contributed by atoms with van der Waals surface area (Å²) in [5.41, 5.74) is -0.735. The van der Waals surface area contributed by atoms with Crippen LogP contribution in [0.1, 0.15) is 12.8 Å². The lowest BCUT2D eigenvalue weighted by atomic mass is 10.2. The minimum absolute atomic E-state index is 0.0345. The summed E-state index contributed by atoms with van der Waals surface area (Å²) in [5.74, 6) is -0.202. The molecule has 0 radical (unpaired) electrons. The molecule has 1 aliphatic rings. The topological polar surface area (TPSA) is 54.9 Å².